The smallest absolute Gasteiger partial charge is 0.140 e. The summed E-state index contributed by atoms with van der Waals surface area (Å²) >= 11 is 0. The molecule has 3 aromatic rings. The van der Waals surface area contributed by atoms with Crippen molar-refractivity contribution in [3.05, 3.63) is 48.3 Å². The normalized spacial score (nSPS) is 18.5. The molecule has 0 bridgehead atoms. The highest BCUT2D eigenvalue weighted by Crippen LogP contribution is 2.40. The van der Waals surface area contributed by atoms with Crippen LogP contribution >= 0.6 is 0 Å². The van der Waals surface area contributed by atoms with E-state index in [1.807, 2.05) is 0 Å². The SMILES string of the molecule is CCN(C)c1ccc2nc(C3CC3)nc(N3CCN(c4ccccc4N4CCC4)CC3)c2c1. The average molecular weight is 443 g/mol. The van der Waals surface area contributed by atoms with Gasteiger partial charge in [0.05, 0.1) is 16.9 Å². The monoisotopic (exact) mass is 442 g/mol. The molecule has 1 aromatic heterocycles. The van der Waals surface area contributed by atoms with Crippen LogP contribution in [0.25, 0.3) is 10.9 Å². The van der Waals surface area contributed by atoms with Crippen LogP contribution in [0.15, 0.2) is 42.5 Å². The summed E-state index contributed by atoms with van der Waals surface area (Å²) in [6.45, 7) is 9.54. The lowest BCUT2D eigenvalue weighted by Crippen LogP contribution is -2.48. The van der Waals surface area contributed by atoms with Crippen molar-refractivity contribution in [2.45, 2.75) is 32.1 Å². The van der Waals surface area contributed by atoms with Crippen LogP contribution in [-0.2, 0) is 0 Å². The third kappa shape index (κ3) is 3.85. The molecule has 0 radical (unpaired) electrons. The van der Waals surface area contributed by atoms with Gasteiger partial charge in [0, 0.05) is 69.9 Å². The molecule has 0 spiro atoms. The highest BCUT2D eigenvalue weighted by Gasteiger charge is 2.30. The first kappa shape index (κ1) is 20.6. The average Bonchev–Trinajstić information content (AvgIpc) is 3.68. The Morgan fingerprint density at radius 1 is 0.848 bits per heavy atom. The van der Waals surface area contributed by atoms with Crippen molar-refractivity contribution >= 4 is 33.8 Å². The minimum absolute atomic E-state index is 0.552. The summed E-state index contributed by atoms with van der Waals surface area (Å²) in [5, 5.41) is 1.19. The molecule has 0 N–H and O–H groups in total. The zero-order chi connectivity index (χ0) is 22.4. The van der Waals surface area contributed by atoms with Crippen LogP contribution in [0.3, 0.4) is 0 Å². The summed E-state index contributed by atoms with van der Waals surface area (Å²) in [4.78, 5) is 19.9. The topological polar surface area (TPSA) is 38.7 Å². The Morgan fingerprint density at radius 2 is 1.52 bits per heavy atom. The van der Waals surface area contributed by atoms with Gasteiger partial charge in [0.15, 0.2) is 0 Å². The van der Waals surface area contributed by atoms with Crippen molar-refractivity contribution < 1.29 is 0 Å². The molecule has 0 unspecified atom stereocenters. The summed E-state index contributed by atoms with van der Waals surface area (Å²) in [6.07, 6.45) is 3.76. The van der Waals surface area contributed by atoms with Gasteiger partial charge in [-0.05, 0) is 56.5 Å². The van der Waals surface area contributed by atoms with Crippen LogP contribution in [0, 0.1) is 0 Å². The second kappa shape index (κ2) is 8.40. The predicted octanol–water partition coefficient (Wildman–Crippen LogP) is 4.50. The molecule has 33 heavy (non-hydrogen) atoms. The lowest BCUT2D eigenvalue weighted by molar-refractivity contribution is 0.610. The molecular formula is C27H34N6. The van der Waals surface area contributed by atoms with E-state index in [4.69, 9.17) is 9.97 Å². The highest BCUT2D eigenvalue weighted by molar-refractivity contribution is 5.92. The summed E-state index contributed by atoms with van der Waals surface area (Å²) in [6, 6.07) is 15.6. The van der Waals surface area contributed by atoms with Gasteiger partial charge < -0.3 is 19.6 Å². The Hall–Kier alpha value is -3.02. The summed E-state index contributed by atoms with van der Waals surface area (Å²) in [5.74, 6) is 2.72. The van der Waals surface area contributed by atoms with Gasteiger partial charge >= 0.3 is 0 Å². The number of rotatable bonds is 6. The maximum Gasteiger partial charge on any atom is 0.140 e. The standard InChI is InChI=1S/C27H34N6/c1-3-30(2)21-11-12-23-22(19-21)27(29-26(28-23)20-9-10-20)33-17-15-32(16-18-33)25-8-5-4-7-24(25)31-13-6-14-31/h4-5,7-8,11-12,19-20H,3,6,9-10,13-18H2,1-2H3. The molecule has 3 fully saturated rings. The van der Waals surface area contributed by atoms with Gasteiger partial charge in [0.25, 0.3) is 0 Å². The first-order valence-electron chi connectivity index (χ1n) is 12.6. The molecule has 6 rings (SSSR count). The number of fused-ring (bicyclic) bond motifs is 1. The third-order valence-corrected chi connectivity index (χ3v) is 7.53. The van der Waals surface area contributed by atoms with E-state index in [1.165, 1.54) is 54.8 Å². The van der Waals surface area contributed by atoms with Crippen LogP contribution in [0.1, 0.15) is 37.9 Å². The summed E-state index contributed by atoms with van der Waals surface area (Å²) < 4.78 is 0. The number of aromatic nitrogens is 2. The van der Waals surface area contributed by atoms with Crippen molar-refractivity contribution in [1.82, 2.24) is 9.97 Å². The van der Waals surface area contributed by atoms with Gasteiger partial charge in [-0.3, -0.25) is 0 Å². The number of piperazine rings is 1. The van der Waals surface area contributed by atoms with Crippen LogP contribution < -0.4 is 19.6 Å². The van der Waals surface area contributed by atoms with Gasteiger partial charge in [0.1, 0.15) is 11.6 Å². The van der Waals surface area contributed by atoms with Crippen molar-refractivity contribution in [3.63, 3.8) is 0 Å². The first-order chi connectivity index (χ1) is 16.2. The quantitative estimate of drug-likeness (QED) is 0.560. The van der Waals surface area contributed by atoms with E-state index in [9.17, 15) is 0 Å². The van der Waals surface area contributed by atoms with Crippen molar-refractivity contribution in [2.75, 3.05) is 72.5 Å². The molecule has 0 amide bonds. The van der Waals surface area contributed by atoms with Gasteiger partial charge in [-0.25, -0.2) is 9.97 Å². The summed E-state index contributed by atoms with van der Waals surface area (Å²) in [7, 11) is 2.15. The fourth-order valence-corrected chi connectivity index (χ4v) is 5.02. The second-order valence-electron chi connectivity index (χ2n) is 9.70. The molecule has 2 saturated heterocycles. The van der Waals surface area contributed by atoms with E-state index in [0.29, 0.717) is 5.92 Å². The Labute approximate surface area is 196 Å². The zero-order valence-corrected chi connectivity index (χ0v) is 19.9. The second-order valence-corrected chi connectivity index (χ2v) is 9.70. The van der Waals surface area contributed by atoms with Crippen LogP contribution in [0.4, 0.5) is 22.9 Å². The van der Waals surface area contributed by atoms with E-state index in [1.54, 1.807) is 0 Å². The minimum Gasteiger partial charge on any atom is -0.375 e. The molecule has 172 valence electrons. The number of benzene rings is 2. The van der Waals surface area contributed by atoms with E-state index in [0.717, 1.165) is 49.9 Å². The maximum absolute atomic E-state index is 5.15. The van der Waals surface area contributed by atoms with Gasteiger partial charge in [0.2, 0.25) is 0 Å². The van der Waals surface area contributed by atoms with Gasteiger partial charge in [-0.2, -0.15) is 0 Å². The van der Waals surface area contributed by atoms with Gasteiger partial charge in [-0.15, -0.1) is 0 Å². The Morgan fingerprint density at radius 3 is 2.12 bits per heavy atom. The third-order valence-electron chi connectivity index (χ3n) is 7.53. The highest BCUT2D eigenvalue weighted by atomic mass is 15.3. The van der Waals surface area contributed by atoms with Crippen molar-refractivity contribution in [1.29, 1.82) is 0 Å². The van der Waals surface area contributed by atoms with E-state index < -0.39 is 0 Å². The van der Waals surface area contributed by atoms with E-state index in [-0.39, 0.29) is 0 Å². The lowest BCUT2D eigenvalue weighted by Gasteiger charge is -2.41. The molecule has 1 aliphatic carbocycles. The Balaban J connectivity index is 1.29. The molecule has 3 aliphatic rings. The molecule has 6 nitrogen and oxygen atoms in total. The fraction of sp³-hybridized carbons (Fsp3) is 0.481. The predicted molar refractivity (Wildman–Crippen MR) is 138 cm³/mol. The molecule has 0 atom stereocenters. The number of nitrogens with zero attached hydrogens (tertiary/aromatic N) is 6. The van der Waals surface area contributed by atoms with Crippen molar-refractivity contribution in [2.24, 2.45) is 0 Å². The number of hydrogen-bond acceptors (Lipinski definition) is 6. The molecule has 6 heteroatoms. The first-order valence-corrected chi connectivity index (χ1v) is 12.6. The Kier molecular flexibility index (Phi) is 5.24. The van der Waals surface area contributed by atoms with Crippen LogP contribution in [-0.4, -0.2) is 62.8 Å². The molecule has 1 saturated carbocycles. The maximum atomic E-state index is 5.15. The number of hydrogen-bond donors (Lipinski definition) is 0. The minimum atomic E-state index is 0.552. The largest absolute Gasteiger partial charge is 0.375 e. The number of anilines is 4. The molecular weight excluding hydrogens is 408 g/mol. The molecule has 2 aliphatic heterocycles. The molecule has 2 aromatic carbocycles. The Bertz CT molecular complexity index is 1140. The van der Waals surface area contributed by atoms with Gasteiger partial charge in [-0.1, -0.05) is 12.1 Å². The van der Waals surface area contributed by atoms with Crippen LogP contribution in [0.2, 0.25) is 0 Å². The van der Waals surface area contributed by atoms with E-state index in [2.05, 4.69) is 76.0 Å². The number of para-hydroxylation sites is 2. The fourth-order valence-electron chi connectivity index (χ4n) is 5.02. The van der Waals surface area contributed by atoms with Crippen LogP contribution in [0.5, 0.6) is 0 Å². The van der Waals surface area contributed by atoms with Crippen molar-refractivity contribution in [3.8, 4) is 0 Å². The summed E-state index contributed by atoms with van der Waals surface area (Å²) in [5.41, 5.74) is 5.10. The van der Waals surface area contributed by atoms with E-state index >= 15 is 0 Å². The lowest BCUT2D eigenvalue weighted by atomic mass is 10.1. The molecule has 3 heterocycles. The zero-order valence-electron chi connectivity index (χ0n) is 19.9.